The minimum atomic E-state index is -5.05. The number of ether oxygens (including phenoxy) is 5. The SMILES string of the molecule is COc1cccc2c1C(=O)c1c(O)c3c(c(O)c1C2=O)C[C@@](O)(/C(CO)=N/NC(=O)c1cc(N2C(=O)C=CC2=O)cc(C(F)(F)F)c1)C[C@@H]3O[C@H]1CC(N2CCO[C@H](OC)C2)[C@H](O)[C@H](C)O1. The van der Waals surface area contributed by atoms with Gasteiger partial charge in [-0.2, -0.15) is 18.3 Å². The molecule has 0 saturated carbocycles. The molecule has 2 saturated heterocycles. The Morgan fingerprint density at radius 3 is 2.38 bits per heavy atom. The van der Waals surface area contributed by atoms with Crippen molar-refractivity contribution in [2.75, 3.05) is 45.4 Å². The predicted octanol–water partition coefficient (Wildman–Crippen LogP) is 2.01. The van der Waals surface area contributed by atoms with Gasteiger partial charge in [-0.1, -0.05) is 12.1 Å². The lowest BCUT2D eigenvalue weighted by Crippen LogP contribution is -2.59. The third-order valence-corrected chi connectivity index (χ3v) is 12.4. The second kappa shape index (κ2) is 17.6. The van der Waals surface area contributed by atoms with E-state index in [4.69, 9.17) is 23.7 Å². The second-order valence-corrected chi connectivity index (χ2v) is 16.3. The number of fused-ring (bicyclic) bond motifs is 3. The molecule has 5 aliphatic rings. The summed E-state index contributed by atoms with van der Waals surface area (Å²) in [7, 11) is 2.74. The molecule has 3 heterocycles. The van der Waals surface area contributed by atoms with Gasteiger partial charge >= 0.3 is 6.18 Å². The van der Waals surface area contributed by atoms with E-state index in [0.29, 0.717) is 23.6 Å². The van der Waals surface area contributed by atoms with Gasteiger partial charge < -0.3 is 49.2 Å². The number of rotatable bonds is 10. The summed E-state index contributed by atoms with van der Waals surface area (Å²) in [6.45, 7) is 1.38. The molecule has 0 aromatic heterocycles. The third kappa shape index (κ3) is 8.12. The van der Waals surface area contributed by atoms with Crippen LogP contribution in [0.5, 0.6) is 17.2 Å². The lowest BCUT2D eigenvalue weighted by molar-refractivity contribution is -0.265. The number of amides is 3. The van der Waals surface area contributed by atoms with Crippen LogP contribution in [0.4, 0.5) is 18.9 Å². The molecular formula is C44H43F3N4O15. The fourth-order valence-electron chi connectivity index (χ4n) is 9.16. The van der Waals surface area contributed by atoms with Crippen LogP contribution in [0.25, 0.3) is 0 Å². The van der Waals surface area contributed by atoms with Crippen LogP contribution < -0.4 is 15.1 Å². The number of imide groups is 1. The number of hydrogen-bond donors (Lipinski definition) is 6. The third-order valence-electron chi connectivity index (χ3n) is 12.4. The van der Waals surface area contributed by atoms with Crippen molar-refractivity contribution in [3.8, 4) is 17.2 Å². The van der Waals surface area contributed by atoms with Gasteiger partial charge in [0, 0.05) is 79.9 Å². The Hall–Kier alpha value is -6.11. The summed E-state index contributed by atoms with van der Waals surface area (Å²) < 4.78 is 71.0. The van der Waals surface area contributed by atoms with Crippen molar-refractivity contribution in [1.29, 1.82) is 0 Å². The van der Waals surface area contributed by atoms with Crippen LogP contribution >= 0.6 is 0 Å². The number of hydrogen-bond acceptors (Lipinski definition) is 17. The quantitative estimate of drug-likeness (QED) is 0.0575. The van der Waals surface area contributed by atoms with Crippen LogP contribution in [0.15, 0.2) is 53.7 Å². The average molecular weight is 925 g/mol. The lowest BCUT2D eigenvalue weighted by Gasteiger charge is -2.47. The summed E-state index contributed by atoms with van der Waals surface area (Å²) in [5, 5.41) is 62.5. The first-order valence-electron chi connectivity index (χ1n) is 20.5. The fourth-order valence-corrected chi connectivity index (χ4v) is 9.16. The van der Waals surface area contributed by atoms with E-state index in [2.05, 4.69) is 5.10 Å². The Morgan fingerprint density at radius 1 is 1.00 bits per heavy atom. The van der Waals surface area contributed by atoms with Crippen LogP contribution in [0.1, 0.15) is 84.8 Å². The molecule has 66 heavy (non-hydrogen) atoms. The highest BCUT2D eigenvalue weighted by Gasteiger charge is 2.50. The molecule has 3 aliphatic heterocycles. The van der Waals surface area contributed by atoms with Gasteiger partial charge in [0.2, 0.25) is 5.78 Å². The molecule has 8 rings (SSSR count). The molecule has 3 amide bonds. The van der Waals surface area contributed by atoms with E-state index >= 15 is 0 Å². The van der Waals surface area contributed by atoms with E-state index < -0.39 is 143 Å². The zero-order valence-electron chi connectivity index (χ0n) is 35.3. The standard InChI is InChI=1S/C44H43F3N4O15/c1-19-37(55)25(50-9-10-64-32(17-50)63-3)14-31(65-19)66-27-16-43(61,15-24-34(27)41(59)36-35(39(24)57)38(56)23-5-4-6-26(62-2)33(23)40(36)58)28(18-52)48-49-42(60)20-11-21(44(45,46)47)13-22(12-20)51-29(53)7-8-30(51)54/h4-8,11-13,19,25,27,31-32,37,52,55,57,59,61H,9-10,14-18H2,1-3H3,(H,49,60)/b48-28+/t19-,25?,27-,31-,32-,37+,43-/m0/s1. The largest absolute Gasteiger partial charge is 0.507 e. The molecule has 22 heteroatoms. The number of phenolic OH excluding ortho intramolecular Hbond substituents is 2. The molecule has 2 aliphatic carbocycles. The summed E-state index contributed by atoms with van der Waals surface area (Å²) in [6, 6.07) is 5.32. The van der Waals surface area contributed by atoms with E-state index in [1.807, 2.05) is 10.3 Å². The van der Waals surface area contributed by atoms with Gasteiger partial charge in [0.15, 0.2) is 18.4 Å². The Labute approximate surface area is 372 Å². The van der Waals surface area contributed by atoms with E-state index in [-0.39, 0.29) is 47.6 Å². The number of nitrogens with one attached hydrogen (secondary N) is 1. The predicted molar refractivity (Wildman–Crippen MR) is 219 cm³/mol. The van der Waals surface area contributed by atoms with Crippen LogP contribution in [0, 0.1) is 0 Å². The van der Waals surface area contributed by atoms with Crippen molar-refractivity contribution in [2.24, 2.45) is 5.10 Å². The molecule has 19 nitrogen and oxygen atoms in total. The Kier molecular flexibility index (Phi) is 12.4. The summed E-state index contributed by atoms with van der Waals surface area (Å²) in [4.78, 5) is 68.9. The maximum absolute atomic E-state index is 14.2. The van der Waals surface area contributed by atoms with Gasteiger partial charge in [-0.3, -0.25) is 28.9 Å². The average Bonchev–Trinajstić information content (AvgIpc) is 3.63. The minimum absolute atomic E-state index is 0.00513. The molecular weight excluding hydrogens is 881 g/mol. The summed E-state index contributed by atoms with van der Waals surface area (Å²) in [6.07, 6.45) is -10.2. The van der Waals surface area contributed by atoms with Gasteiger partial charge in [0.25, 0.3) is 17.7 Å². The second-order valence-electron chi connectivity index (χ2n) is 16.3. The number of aromatic hydroxyl groups is 2. The van der Waals surface area contributed by atoms with E-state index in [1.54, 1.807) is 6.92 Å². The van der Waals surface area contributed by atoms with Gasteiger partial charge in [-0.15, -0.1) is 0 Å². The molecule has 2 fully saturated rings. The molecule has 0 bridgehead atoms. The lowest BCUT2D eigenvalue weighted by atomic mass is 9.71. The van der Waals surface area contributed by atoms with Crippen molar-refractivity contribution in [2.45, 2.75) is 74.9 Å². The highest BCUT2D eigenvalue weighted by Crippen LogP contribution is 2.53. The number of aliphatic hydroxyl groups is 3. The Balaban J connectivity index is 1.19. The fraction of sp³-hybridized carbons (Fsp3) is 0.409. The van der Waals surface area contributed by atoms with E-state index in [0.717, 1.165) is 18.2 Å². The van der Waals surface area contributed by atoms with Crippen molar-refractivity contribution >= 4 is 40.7 Å². The zero-order valence-corrected chi connectivity index (χ0v) is 35.3. The number of ketones is 2. The summed E-state index contributed by atoms with van der Waals surface area (Å²) in [5.41, 5.74) is -5.98. The number of hydrazone groups is 1. The van der Waals surface area contributed by atoms with Gasteiger partial charge in [0.1, 0.15) is 22.8 Å². The number of alkyl halides is 3. The molecule has 0 radical (unpaired) electrons. The molecule has 1 unspecified atom stereocenters. The monoisotopic (exact) mass is 924 g/mol. The summed E-state index contributed by atoms with van der Waals surface area (Å²) >= 11 is 0. The van der Waals surface area contributed by atoms with Crippen molar-refractivity contribution in [1.82, 2.24) is 10.3 Å². The first-order valence-corrected chi connectivity index (χ1v) is 20.5. The number of carbonyl (C=O) groups is 5. The Morgan fingerprint density at radius 2 is 1.71 bits per heavy atom. The van der Waals surface area contributed by atoms with Gasteiger partial charge in [-0.05, 0) is 31.2 Å². The van der Waals surface area contributed by atoms with Crippen molar-refractivity contribution < 1.29 is 86.4 Å². The van der Waals surface area contributed by atoms with Crippen LogP contribution in [-0.4, -0.2) is 142 Å². The van der Waals surface area contributed by atoms with Crippen LogP contribution in [-0.2, 0) is 41.1 Å². The molecule has 6 N–H and O–H groups in total. The number of benzene rings is 3. The minimum Gasteiger partial charge on any atom is -0.507 e. The number of methoxy groups -OCH3 is 2. The number of carbonyl (C=O) groups excluding carboxylic acids is 5. The number of morpholine rings is 1. The highest BCUT2D eigenvalue weighted by atomic mass is 19.4. The normalized spacial score (nSPS) is 26.9. The van der Waals surface area contributed by atoms with Crippen molar-refractivity contribution in [3.63, 3.8) is 0 Å². The topological polar surface area (TPSA) is 264 Å². The number of halogens is 3. The van der Waals surface area contributed by atoms with Crippen LogP contribution in [0.3, 0.4) is 0 Å². The first kappa shape index (κ1) is 46.4. The van der Waals surface area contributed by atoms with E-state index in [1.165, 1.54) is 32.4 Å². The molecule has 350 valence electrons. The smallest absolute Gasteiger partial charge is 0.416 e. The number of anilines is 1. The van der Waals surface area contributed by atoms with Gasteiger partial charge in [-0.25, -0.2) is 10.3 Å². The number of aliphatic hydroxyl groups excluding tert-OH is 2. The molecule has 3 aromatic carbocycles. The molecule has 3 aromatic rings. The maximum atomic E-state index is 14.2. The summed E-state index contributed by atoms with van der Waals surface area (Å²) in [5.74, 6) is -6.68. The van der Waals surface area contributed by atoms with Crippen LogP contribution in [0.2, 0.25) is 0 Å². The Bertz CT molecular complexity index is 2580. The van der Waals surface area contributed by atoms with E-state index in [9.17, 15) is 62.7 Å². The molecule has 7 atom stereocenters. The van der Waals surface area contributed by atoms with Crippen molar-refractivity contribution in [3.05, 3.63) is 93.1 Å². The number of nitrogens with zero attached hydrogens (tertiary/aromatic N) is 3. The number of phenols is 2. The highest BCUT2D eigenvalue weighted by molar-refractivity contribution is 6.31. The molecule has 0 spiro atoms. The zero-order chi connectivity index (χ0) is 47.6. The first-order chi connectivity index (χ1) is 31.3. The van der Waals surface area contributed by atoms with Gasteiger partial charge in [0.05, 0.1) is 72.3 Å². The maximum Gasteiger partial charge on any atom is 0.416 e.